The maximum absolute atomic E-state index is 12.9. The van der Waals surface area contributed by atoms with E-state index in [4.69, 9.17) is 4.18 Å². The van der Waals surface area contributed by atoms with Gasteiger partial charge in [-0.2, -0.15) is 0 Å². The van der Waals surface area contributed by atoms with E-state index in [-0.39, 0.29) is 0 Å². The molecular formula is C15H15NO3S. The molecule has 2 aromatic carbocycles. The zero-order chi connectivity index (χ0) is 14.6. The fourth-order valence-corrected chi connectivity index (χ4v) is 3.03. The van der Waals surface area contributed by atoms with Gasteiger partial charge in [0.15, 0.2) is 0 Å². The molecule has 0 aliphatic heterocycles. The van der Waals surface area contributed by atoms with Crippen molar-refractivity contribution in [2.75, 3.05) is 0 Å². The number of amides is 1. The first-order chi connectivity index (χ1) is 9.49. The van der Waals surface area contributed by atoms with Crippen molar-refractivity contribution in [3.8, 4) is 5.75 Å². The van der Waals surface area contributed by atoms with E-state index in [1.807, 2.05) is 13.0 Å². The fourth-order valence-electron chi connectivity index (χ4n) is 1.61. The maximum Gasteiger partial charge on any atom is 0.253 e. The Morgan fingerprint density at radius 3 is 2.20 bits per heavy atom. The van der Waals surface area contributed by atoms with Crippen LogP contribution in [0.2, 0.25) is 0 Å². The molecule has 5 heteroatoms. The number of benzene rings is 2. The quantitative estimate of drug-likeness (QED) is 0.870. The van der Waals surface area contributed by atoms with Gasteiger partial charge in [-0.25, -0.2) is 4.21 Å². The molecule has 2 rings (SSSR count). The van der Waals surface area contributed by atoms with Crippen LogP contribution in [0.25, 0.3) is 0 Å². The zero-order valence-corrected chi connectivity index (χ0v) is 12.1. The van der Waals surface area contributed by atoms with Crippen molar-refractivity contribution in [3.63, 3.8) is 0 Å². The summed E-state index contributed by atoms with van der Waals surface area (Å²) in [6, 6.07) is 15.6. The highest BCUT2D eigenvalue weighted by molar-refractivity contribution is 7.89. The highest BCUT2D eigenvalue weighted by atomic mass is 32.2. The average molecular weight is 289 g/mol. The lowest BCUT2D eigenvalue weighted by Gasteiger charge is -2.11. The summed E-state index contributed by atoms with van der Waals surface area (Å²) in [6.07, 6.45) is 0. The van der Waals surface area contributed by atoms with Crippen LogP contribution < -0.4 is 4.18 Å². The lowest BCUT2D eigenvalue weighted by Crippen LogP contribution is -2.11. The molecule has 0 spiro atoms. The number of hydrogen-bond acceptors (Lipinski definition) is 3. The van der Waals surface area contributed by atoms with E-state index in [0.29, 0.717) is 10.6 Å². The van der Waals surface area contributed by atoms with Crippen molar-refractivity contribution < 1.29 is 13.2 Å². The molecule has 0 N–H and O–H groups in total. The van der Waals surface area contributed by atoms with Crippen molar-refractivity contribution in [1.82, 2.24) is 0 Å². The minimum Gasteiger partial charge on any atom is -0.392 e. The molecule has 1 amide bonds. The van der Waals surface area contributed by atoms with Gasteiger partial charge in [-0.05, 0) is 31.2 Å². The topological polar surface area (TPSA) is 55.7 Å². The summed E-state index contributed by atoms with van der Waals surface area (Å²) < 4.78 is 22.0. The Balaban J connectivity index is 2.49. The van der Waals surface area contributed by atoms with Crippen molar-refractivity contribution in [1.29, 1.82) is 0 Å². The first-order valence-electron chi connectivity index (χ1n) is 6.08. The van der Waals surface area contributed by atoms with Crippen molar-refractivity contribution in [3.05, 3.63) is 60.2 Å². The molecule has 0 saturated carbocycles. The summed E-state index contributed by atoms with van der Waals surface area (Å²) in [7, 11) is -3.26. The number of para-hydroxylation sites is 1. The molecule has 104 valence electrons. The van der Waals surface area contributed by atoms with Crippen LogP contribution in [-0.4, -0.2) is 10.1 Å². The summed E-state index contributed by atoms with van der Waals surface area (Å²) in [5.74, 6) is -0.130. The number of rotatable bonds is 3. The lowest BCUT2D eigenvalue weighted by atomic mass is 10.2. The van der Waals surface area contributed by atoms with Crippen LogP contribution in [0, 0.1) is 6.92 Å². The van der Waals surface area contributed by atoms with Gasteiger partial charge in [-0.3, -0.25) is 4.79 Å². The highest BCUT2D eigenvalue weighted by Gasteiger charge is 2.16. The van der Waals surface area contributed by atoms with Gasteiger partial charge in [-0.1, -0.05) is 35.9 Å². The molecule has 0 fully saturated rings. The molecule has 0 radical (unpaired) electrons. The van der Waals surface area contributed by atoms with E-state index in [1.54, 1.807) is 48.5 Å². The van der Waals surface area contributed by atoms with Gasteiger partial charge in [-0.15, -0.1) is 4.36 Å². The molecule has 0 bridgehead atoms. The molecule has 0 aliphatic rings. The van der Waals surface area contributed by atoms with Crippen LogP contribution in [0.4, 0.5) is 0 Å². The molecule has 20 heavy (non-hydrogen) atoms. The standard InChI is InChI=1S/C15H15NO3S/c1-12-8-10-15(11-9-12)20(18,16-13(2)17)19-14-6-4-3-5-7-14/h3-11H,1-2H3/t20-/m0/s1. The second-order valence-electron chi connectivity index (χ2n) is 4.29. The predicted octanol–water partition coefficient (Wildman–Crippen LogP) is 3.36. The molecule has 0 aliphatic carbocycles. The average Bonchev–Trinajstić information content (AvgIpc) is 2.39. The van der Waals surface area contributed by atoms with Gasteiger partial charge in [0.1, 0.15) is 5.75 Å². The number of hydrogen-bond donors (Lipinski definition) is 0. The molecule has 1 atom stereocenters. The SMILES string of the molecule is CC(=O)N=[S@@](=O)(Oc1ccccc1)c1ccc(C)cc1. The zero-order valence-electron chi connectivity index (χ0n) is 11.3. The predicted molar refractivity (Wildman–Crippen MR) is 77.8 cm³/mol. The fraction of sp³-hybridized carbons (Fsp3) is 0.133. The summed E-state index contributed by atoms with van der Waals surface area (Å²) in [5.41, 5.74) is 1.03. The van der Waals surface area contributed by atoms with E-state index in [0.717, 1.165) is 5.56 Å². The smallest absolute Gasteiger partial charge is 0.253 e. The van der Waals surface area contributed by atoms with Crippen molar-refractivity contribution in [2.45, 2.75) is 18.7 Å². The monoisotopic (exact) mass is 289 g/mol. The number of carbonyl (C=O) groups is 1. The third kappa shape index (κ3) is 3.45. The van der Waals surface area contributed by atoms with Crippen LogP contribution in [0.3, 0.4) is 0 Å². The lowest BCUT2D eigenvalue weighted by molar-refractivity contribution is -0.115. The van der Waals surface area contributed by atoms with Crippen LogP contribution in [0.15, 0.2) is 63.9 Å². The Bertz CT molecular complexity index is 715. The van der Waals surface area contributed by atoms with Crippen LogP contribution in [0.1, 0.15) is 12.5 Å². The van der Waals surface area contributed by atoms with E-state index < -0.39 is 15.9 Å². The van der Waals surface area contributed by atoms with Crippen molar-refractivity contribution in [2.24, 2.45) is 4.36 Å². The van der Waals surface area contributed by atoms with E-state index in [1.165, 1.54) is 6.92 Å². The Labute approximate surface area is 118 Å². The van der Waals surface area contributed by atoms with Gasteiger partial charge in [0.25, 0.3) is 5.91 Å². The first-order valence-corrected chi connectivity index (χ1v) is 7.52. The van der Waals surface area contributed by atoms with Gasteiger partial charge in [0.2, 0.25) is 10.0 Å². The first kappa shape index (κ1) is 14.3. The Morgan fingerprint density at radius 1 is 1.05 bits per heavy atom. The van der Waals surface area contributed by atoms with E-state index in [9.17, 15) is 9.00 Å². The normalized spacial score (nSPS) is 13.3. The molecule has 4 nitrogen and oxygen atoms in total. The number of nitrogens with zero attached hydrogens (tertiary/aromatic N) is 1. The minimum atomic E-state index is -3.26. The maximum atomic E-state index is 12.9. The Kier molecular flexibility index (Phi) is 4.20. The van der Waals surface area contributed by atoms with Crippen LogP contribution >= 0.6 is 0 Å². The summed E-state index contributed by atoms with van der Waals surface area (Å²) in [5, 5.41) is 0. The van der Waals surface area contributed by atoms with Gasteiger partial charge >= 0.3 is 0 Å². The molecule has 0 heterocycles. The third-order valence-electron chi connectivity index (χ3n) is 2.52. The van der Waals surface area contributed by atoms with Gasteiger partial charge in [0, 0.05) is 6.92 Å². The highest BCUT2D eigenvalue weighted by Crippen LogP contribution is 2.20. The largest absolute Gasteiger partial charge is 0.392 e. The molecule has 0 aromatic heterocycles. The Hall–Kier alpha value is -2.14. The molecule has 2 aromatic rings. The molecule has 0 saturated heterocycles. The van der Waals surface area contributed by atoms with Crippen LogP contribution in [-0.2, 0) is 14.8 Å². The second-order valence-corrected chi connectivity index (χ2v) is 6.07. The summed E-state index contributed by atoms with van der Waals surface area (Å²) in [4.78, 5) is 11.6. The Morgan fingerprint density at radius 2 is 1.65 bits per heavy atom. The molecule has 0 unspecified atom stereocenters. The third-order valence-corrected chi connectivity index (χ3v) is 4.30. The van der Waals surface area contributed by atoms with Crippen LogP contribution in [0.5, 0.6) is 5.75 Å². The second kappa shape index (κ2) is 5.88. The van der Waals surface area contributed by atoms with E-state index >= 15 is 0 Å². The van der Waals surface area contributed by atoms with Gasteiger partial charge in [0.05, 0.1) is 4.90 Å². The summed E-state index contributed by atoms with van der Waals surface area (Å²) >= 11 is 0. The van der Waals surface area contributed by atoms with Crippen molar-refractivity contribution >= 4 is 15.9 Å². The van der Waals surface area contributed by atoms with Gasteiger partial charge < -0.3 is 4.18 Å². The summed E-state index contributed by atoms with van der Waals surface area (Å²) in [6.45, 7) is 3.17. The minimum absolute atomic E-state index is 0.377. The molecular weight excluding hydrogens is 274 g/mol. The number of carbonyl (C=O) groups excluding carboxylic acids is 1. The van der Waals surface area contributed by atoms with E-state index in [2.05, 4.69) is 4.36 Å². The number of aryl methyl sites for hydroxylation is 1.